The molecule has 2 N–H and O–H groups in total. The van der Waals surface area contributed by atoms with E-state index in [0.29, 0.717) is 12.0 Å². The highest BCUT2D eigenvalue weighted by Gasteiger charge is 2.24. The minimum Gasteiger partial charge on any atom is -0.393 e. The molecule has 3 nitrogen and oxygen atoms in total. The van der Waals surface area contributed by atoms with Crippen LogP contribution in [0.2, 0.25) is 0 Å². The van der Waals surface area contributed by atoms with Crippen molar-refractivity contribution in [2.24, 2.45) is 5.92 Å². The number of rotatable bonds is 5. The maximum Gasteiger partial charge on any atom is 0.0590 e. The summed E-state index contributed by atoms with van der Waals surface area (Å²) >= 11 is 0. The number of benzene rings is 1. The van der Waals surface area contributed by atoms with Crippen molar-refractivity contribution in [3.8, 4) is 0 Å². The number of aliphatic hydroxyl groups excluding tert-OH is 1. The molecule has 20 heavy (non-hydrogen) atoms. The summed E-state index contributed by atoms with van der Waals surface area (Å²) in [4.78, 5) is 2.48. The smallest absolute Gasteiger partial charge is 0.0590 e. The molecule has 0 bridgehead atoms. The van der Waals surface area contributed by atoms with E-state index in [0.717, 1.165) is 32.5 Å². The summed E-state index contributed by atoms with van der Waals surface area (Å²) in [6.45, 7) is 7.41. The van der Waals surface area contributed by atoms with Crippen LogP contribution in [-0.2, 0) is 0 Å². The van der Waals surface area contributed by atoms with Gasteiger partial charge in [-0.2, -0.15) is 0 Å². The first-order valence-electron chi connectivity index (χ1n) is 7.74. The molecule has 1 heterocycles. The van der Waals surface area contributed by atoms with Gasteiger partial charge in [-0.25, -0.2) is 0 Å². The molecule has 0 aromatic heterocycles. The largest absolute Gasteiger partial charge is 0.393 e. The van der Waals surface area contributed by atoms with Crippen LogP contribution in [0.15, 0.2) is 24.3 Å². The Balaban J connectivity index is 1.86. The van der Waals surface area contributed by atoms with Gasteiger partial charge in [-0.3, -0.25) is 0 Å². The van der Waals surface area contributed by atoms with Gasteiger partial charge in [-0.15, -0.1) is 0 Å². The van der Waals surface area contributed by atoms with E-state index < -0.39 is 0 Å². The van der Waals surface area contributed by atoms with Crippen molar-refractivity contribution in [3.63, 3.8) is 0 Å². The molecule has 0 aliphatic carbocycles. The van der Waals surface area contributed by atoms with Gasteiger partial charge in [0.1, 0.15) is 0 Å². The maximum atomic E-state index is 9.78. The van der Waals surface area contributed by atoms with Crippen molar-refractivity contribution >= 4 is 0 Å². The predicted octanol–water partition coefficient (Wildman–Crippen LogP) is 2.35. The Bertz CT molecular complexity index is 404. The lowest BCUT2D eigenvalue weighted by atomic mass is 9.96. The van der Waals surface area contributed by atoms with Gasteiger partial charge in [0.25, 0.3) is 0 Å². The Hall–Kier alpha value is -0.900. The molecule has 1 aromatic carbocycles. The molecule has 1 aliphatic heterocycles. The van der Waals surface area contributed by atoms with E-state index in [1.54, 1.807) is 0 Å². The van der Waals surface area contributed by atoms with E-state index in [2.05, 4.69) is 48.3 Å². The molecule has 3 atom stereocenters. The lowest BCUT2D eigenvalue weighted by Crippen LogP contribution is -2.42. The first-order valence-corrected chi connectivity index (χ1v) is 7.74. The van der Waals surface area contributed by atoms with Gasteiger partial charge in [0.05, 0.1) is 6.10 Å². The lowest BCUT2D eigenvalue weighted by molar-refractivity contribution is 0.0338. The average Bonchev–Trinajstić information content (AvgIpc) is 2.45. The molecule has 3 heteroatoms. The maximum absolute atomic E-state index is 9.78. The van der Waals surface area contributed by atoms with E-state index >= 15 is 0 Å². The highest BCUT2D eigenvalue weighted by atomic mass is 16.3. The normalized spacial score (nSPS) is 25.6. The fraction of sp³-hybridized carbons (Fsp3) is 0.647. The number of nitrogens with zero attached hydrogens (tertiary/aromatic N) is 1. The fourth-order valence-corrected chi connectivity index (χ4v) is 3.01. The number of nitrogens with one attached hydrogen (secondary N) is 1. The molecule has 2 rings (SSSR count). The summed E-state index contributed by atoms with van der Waals surface area (Å²) in [6, 6.07) is 9.22. The number of likely N-dealkylation sites (tertiary alicyclic amines) is 1. The molecule has 0 saturated carbocycles. The van der Waals surface area contributed by atoms with Gasteiger partial charge in [0, 0.05) is 19.1 Å². The minimum absolute atomic E-state index is 0.108. The van der Waals surface area contributed by atoms with E-state index in [4.69, 9.17) is 0 Å². The third-order valence-corrected chi connectivity index (χ3v) is 4.51. The van der Waals surface area contributed by atoms with Gasteiger partial charge in [-0.05, 0) is 44.8 Å². The highest BCUT2D eigenvalue weighted by molar-refractivity contribution is 5.24. The zero-order valence-corrected chi connectivity index (χ0v) is 13.0. The Labute approximate surface area is 123 Å². The summed E-state index contributed by atoms with van der Waals surface area (Å²) in [5.41, 5.74) is 2.67. The molecule has 1 saturated heterocycles. The van der Waals surface area contributed by atoms with E-state index in [1.807, 2.05) is 7.05 Å². The number of piperidine rings is 1. The zero-order chi connectivity index (χ0) is 14.5. The summed E-state index contributed by atoms with van der Waals surface area (Å²) in [5, 5.41) is 13.2. The molecular formula is C17H28N2O. The molecule has 1 aromatic rings. The van der Waals surface area contributed by atoms with Crippen LogP contribution in [0.25, 0.3) is 0 Å². The van der Waals surface area contributed by atoms with Crippen LogP contribution in [-0.4, -0.2) is 42.8 Å². The second-order valence-electron chi connectivity index (χ2n) is 6.17. The predicted molar refractivity (Wildman–Crippen MR) is 83.8 cm³/mol. The van der Waals surface area contributed by atoms with Crippen LogP contribution in [0.1, 0.15) is 36.9 Å². The minimum atomic E-state index is -0.108. The molecular weight excluding hydrogens is 248 g/mol. The van der Waals surface area contributed by atoms with Crippen LogP contribution >= 0.6 is 0 Å². The highest BCUT2D eigenvalue weighted by Crippen LogP contribution is 2.21. The summed E-state index contributed by atoms with van der Waals surface area (Å²) in [7, 11) is 2.03. The zero-order valence-electron chi connectivity index (χ0n) is 13.0. The van der Waals surface area contributed by atoms with Crippen LogP contribution in [0.5, 0.6) is 0 Å². The first-order chi connectivity index (χ1) is 9.60. The SMILES string of the molecule is CNC(CCN1CCC(O)C(C)C1)c1ccc(C)cc1. The molecule has 1 aliphatic rings. The van der Waals surface area contributed by atoms with Crippen LogP contribution in [0.4, 0.5) is 0 Å². The Morgan fingerprint density at radius 3 is 2.65 bits per heavy atom. The van der Waals surface area contributed by atoms with Crippen molar-refractivity contribution in [3.05, 3.63) is 35.4 Å². The molecule has 0 radical (unpaired) electrons. The quantitative estimate of drug-likeness (QED) is 0.866. The third-order valence-electron chi connectivity index (χ3n) is 4.51. The van der Waals surface area contributed by atoms with Gasteiger partial charge in [-0.1, -0.05) is 36.8 Å². The van der Waals surface area contributed by atoms with Crippen molar-refractivity contribution in [2.75, 3.05) is 26.7 Å². The molecule has 112 valence electrons. The number of hydrogen-bond acceptors (Lipinski definition) is 3. The Kier molecular flexibility index (Phi) is 5.58. The second kappa shape index (κ2) is 7.21. The summed E-state index contributed by atoms with van der Waals surface area (Å²) in [6.07, 6.45) is 1.92. The van der Waals surface area contributed by atoms with Crippen LogP contribution < -0.4 is 5.32 Å². The average molecular weight is 276 g/mol. The van der Waals surface area contributed by atoms with E-state index in [-0.39, 0.29) is 6.10 Å². The molecule has 0 amide bonds. The van der Waals surface area contributed by atoms with Gasteiger partial charge in [0.15, 0.2) is 0 Å². The Morgan fingerprint density at radius 2 is 2.05 bits per heavy atom. The van der Waals surface area contributed by atoms with Crippen molar-refractivity contribution < 1.29 is 5.11 Å². The lowest BCUT2D eigenvalue weighted by Gasteiger charge is -2.35. The summed E-state index contributed by atoms with van der Waals surface area (Å²) in [5.74, 6) is 0.399. The molecule has 0 spiro atoms. The molecule has 1 fully saturated rings. The Morgan fingerprint density at radius 1 is 1.35 bits per heavy atom. The summed E-state index contributed by atoms with van der Waals surface area (Å²) < 4.78 is 0. The van der Waals surface area contributed by atoms with Gasteiger partial charge in [0.2, 0.25) is 0 Å². The van der Waals surface area contributed by atoms with Crippen LogP contribution in [0, 0.1) is 12.8 Å². The standard InChI is InChI=1S/C17H28N2O/c1-13-4-6-15(7-5-13)16(18-3)8-10-19-11-9-17(20)14(2)12-19/h4-7,14,16-18,20H,8-12H2,1-3H3. The first kappa shape index (κ1) is 15.5. The van der Waals surface area contributed by atoms with E-state index in [9.17, 15) is 5.11 Å². The van der Waals surface area contributed by atoms with E-state index in [1.165, 1.54) is 11.1 Å². The van der Waals surface area contributed by atoms with Gasteiger partial charge < -0.3 is 15.3 Å². The fourth-order valence-electron chi connectivity index (χ4n) is 3.01. The van der Waals surface area contributed by atoms with Crippen molar-refractivity contribution in [2.45, 2.75) is 38.8 Å². The number of hydrogen-bond donors (Lipinski definition) is 2. The third kappa shape index (κ3) is 4.05. The second-order valence-corrected chi connectivity index (χ2v) is 6.17. The number of aliphatic hydroxyl groups is 1. The monoisotopic (exact) mass is 276 g/mol. The van der Waals surface area contributed by atoms with Crippen molar-refractivity contribution in [1.29, 1.82) is 0 Å². The van der Waals surface area contributed by atoms with Crippen molar-refractivity contribution in [1.82, 2.24) is 10.2 Å². The topological polar surface area (TPSA) is 35.5 Å². The molecule has 3 unspecified atom stereocenters. The van der Waals surface area contributed by atoms with Crippen LogP contribution in [0.3, 0.4) is 0 Å². The van der Waals surface area contributed by atoms with Gasteiger partial charge >= 0.3 is 0 Å². The number of aryl methyl sites for hydroxylation is 1.